The molecule has 0 saturated carbocycles. The maximum Gasteiger partial charge on any atom is 0.534 e. The quantitative estimate of drug-likeness (QED) is 0.0971. The number of hydrogen-bond donors (Lipinski definition) is 0. The third-order valence-corrected chi connectivity index (χ3v) is 9.90. The molecule has 3 nitrogen and oxygen atoms in total. The largest absolute Gasteiger partial charge is 0.534 e. The monoisotopic (exact) mass is 540 g/mol. The molecule has 0 bridgehead atoms. The molecule has 0 aliphatic heterocycles. The van der Waals surface area contributed by atoms with Crippen molar-refractivity contribution in [1.29, 1.82) is 0 Å². The van der Waals surface area contributed by atoms with E-state index in [9.17, 15) is 21.6 Å². The maximum atomic E-state index is 13.1. The average Bonchev–Trinajstić information content (AvgIpc) is 2.77. The molecule has 0 fully saturated rings. The van der Waals surface area contributed by atoms with E-state index in [1.807, 2.05) is 25.7 Å². The van der Waals surface area contributed by atoms with Gasteiger partial charge in [-0.15, -0.1) is 0 Å². The lowest BCUT2D eigenvalue weighted by Gasteiger charge is -2.23. The number of halogens is 3. The van der Waals surface area contributed by atoms with Crippen molar-refractivity contribution in [3.63, 3.8) is 0 Å². The molecule has 0 unspecified atom stereocenters. The van der Waals surface area contributed by atoms with E-state index in [2.05, 4.69) is 26.0 Å². The number of unbranched alkanes of at least 4 members (excludes halogenated alkanes) is 6. The molecule has 3 rings (SSSR count). The van der Waals surface area contributed by atoms with Gasteiger partial charge in [-0.3, -0.25) is 0 Å². The van der Waals surface area contributed by atoms with Crippen molar-refractivity contribution < 1.29 is 25.8 Å². The molecule has 0 amide bonds. The zero-order chi connectivity index (χ0) is 26.7. The minimum Gasteiger partial charge on any atom is -0.376 e. The van der Waals surface area contributed by atoms with Gasteiger partial charge in [-0.1, -0.05) is 90.2 Å². The van der Waals surface area contributed by atoms with Gasteiger partial charge in [0.05, 0.1) is 8.07 Å². The van der Waals surface area contributed by atoms with Crippen molar-refractivity contribution in [3.8, 4) is 5.75 Å². The highest BCUT2D eigenvalue weighted by molar-refractivity contribution is 7.88. The van der Waals surface area contributed by atoms with E-state index >= 15 is 0 Å². The summed E-state index contributed by atoms with van der Waals surface area (Å²) in [5.74, 6) is -0.191. The summed E-state index contributed by atoms with van der Waals surface area (Å²) in [5.41, 5.74) is -2.81. The first-order valence-corrected chi connectivity index (χ1v) is 18.1. The highest BCUT2D eigenvalue weighted by Gasteiger charge is 2.49. The molecule has 8 heteroatoms. The Hall–Kier alpha value is -1.80. The van der Waals surface area contributed by atoms with Crippen molar-refractivity contribution in [2.75, 3.05) is 0 Å². The van der Waals surface area contributed by atoms with Crippen molar-refractivity contribution in [2.45, 2.75) is 103 Å². The maximum absolute atomic E-state index is 13.1. The zero-order valence-electron chi connectivity index (χ0n) is 22.1. The summed E-state index contributed by atoms with van der Waals surface area (Å²) in [5, 5.41) is 4.41. The molecule has 2 aromatic rings. The van der Waals surface area contributed by atoms with Crippen LogP contribution in [-0.4, -0.2) is 22.0 Å². The highest BCUT2D eigenvalue weighted by Crippen LogP contribution is 2.30. The highest BCUT2D eigenvalue weighted by atomic mass is 32.2. The summed E-state index contributed by atoms with van der Waals surface area (Å²) >= 11 is 0. The van der Waals surface area contributed by atoms with Crippen LogP contribution in [0.4, 0.5) is 13.2 Å². The first-order valence-electron chi connectivity index (χ1n) is 13.2. The van der Waals surface area contributed by atoms with Gasteiger partial charge in [0.25, 0.3) is 0 Å². The van der Waals surface area contributed by atoms with Gasteiger partial charge in [0.15, 0.2) is 0 Å². The molecule has 200 valence electrons. The molecule has 0 saturated heterocycles. The van der Waals surface area contributed by atoms with Crippen LogP contribution in [0.15, 0.2) is 24.3 Å². The first kappa shape index (κ1) is 28.8. The molecular weight excluding hydrogens is 501 g/mol. The van der Waals surface area contributed by atoms with Crippen LogP contribution >= 0.6 is 0 Å². The second-order valence-corrected chi connectivity index (χ2v) is 17.5. The minimum atomic E-state index is -5.74. The molecule has 0 atom stereocenters. The fourth-order valence-electron chi connectivity index (χ4n) is 4.87. The molecule has 1 aliphatic rings. The molecule has 2 aromatic carbocycles. The fourth-order valence-corrected chi connectivity index (χ4v) is 6.85. The number of hydrogen-bond acceptors (Lipinski definition) is 3. The van der Waals surface area contributed by atoms with Crippen LogP contribution in [0.25, 0.3) is 0 Å². The lowest BCUT2D eigenvalue weighted by molar-refractivity contribution is -0.0499. The summed E-state index contributed by atoms with van der Waals surface area (Å²) in [7, 11) is -7.96. The van der Waals surface area contributed by atoms with E-state index in [1.54, 1.807) is 0 Å². The van der Waals surface area contributed by atoms with E-state index in [0.717, 1.165) is 46.6 Å². The summed E-state index contributed by atoms with van der Waals surface area (Å²) in [6.07, 6.45) is 11.4. The molecule has 0 aromatic heterocycles. The second kappa shape index (κ2) is 11.3. The minimum absolute atomic E-state index is 0.191. The summed E-state index contributed by atoms with van der Waals surface area (Å²) < 4.78 is 67.7. The third-order valence-electron chi connectivity index (χ3n) is 6.93. The number of fused-ring (bicyclic) bond motifs is 2. The Morgan fingerprint density at radius 1 is 0.722 bits per heavy atom. The van der Waals surface area contributed by atoms with Crippen LogP contribution in [0.3, 0.4) is 0 Å². The van der Waals surface area contributed by atoms with E-state index in [-0.39, 0.29) is 5.75 Å². The third kappa shape index (κ3) is 6.36. The van der Waals surface area contributed by atoms with Gasteiger partial charge in [0.1, 0.15) is 5.75 Å². The lowest BCUT2D eigenvalue weighted by atomic mass is 9.91. The smallest absolute Gasteiger partial charge is 0.376 e. The van der Waals surface area contributed by atoms with Gasteiger partial charge in [0.2, 0.25) is 0 Å². The van der Waals surface area contributed by atoms with Gasteiger partial charge in [-0.05, 0) is 68.9 Å². The van der Waals surface area contributed by atoms with Gasteiger partial charge >= 0.3 is 15.6 Å². The Balaban J connectivity index is 2.12. The molecule has 1 aliphatic carbocycles. The second-order valence-electron chi connectivity index (χ2n) is 10.9. The summed E-state index contributed by atoms with van der Waals surface area (Å²) in [4.78, 5) is 0. The van der Waals surface area contributed by atoms with Crippen LogP contribution in [0.5, 0.6) is 5.75 Å². The van der Waals surface area contributed by atoms with Crippen molar-refractivity contribution in [2.24, 2.45) is 0 Å². The topological polar surface area (TPSA) is 43.4 Å². The Labute approximate surface area is 214 Å². The van der Waals surface area contributed by atoms with Crippen molar-refractivity contribution in [1.82, 2.24) is 0 Å². The van der Waals surface area contributed by atoms with Crippen LogP contribution in [0.1, 0.15) is 76.3 Å². The number of alkyl halides is 3. The number of benzene rings is 2. The predicted octanol–water partition coefficient (Wildman–Crippen LogP) is 7.59. The zero-order valence-corrected chi connectivity index (χ0v) is 24.0. The van der Waals surface area contributed by atoms with Crippen molar-refractivity contribution in [3.05, 3.63) is 56.3 Å². The van der Waals surface area contributed by atoms with Crippen LogP contribution in [0, 0.1) is 20.9 Å². The number of rotatable bonds is 13. The average molecular weight is 541 g/mol. The molecule has 0 spiro atoms. The van der Waals surface area contributed by atoms with E-state index in [1.165, 1.54) is 55.7 Å². The Kier molecular flexibility index (Phi) is 9.02. The standard InChI is InChI=1S/C28H39F3O3SSi/c1-6-8-10-12-14-20-16-22-23(17-21(20)15-13-11-9-7-2)25-19-27(36(3,4)5)26(18-24(22)25)34-35(32,33)28(29,30)31/h16-19H,6-15H2,1-5H3. The molecule has 0 N–H and O–H groups in total. The normalized spacial score (nSPS) is 13.2. The van der Waals surface area contributed by atoms with E-state index in [4.69, 9.17) is 4.18 Å². The van der Waals surface area contributed by atoms with Crippen LogP contribution < -0.4 is 9.37 Å². The summed E-state index contributed by atoms with van der Waals surface area (Å²) in [6.45, 7) is 10.3. The Morgan fingerprint density at radius 3 is 1.58 bits per heavy atom. The first-order chi connectivity index (χ1) is 16.8. The lowest BCUT2D eigenvalue weighted by Crippen LogP contribution is -2.40. The van der Waals surface area contributed by atoms with Gasteiger partial charge in [0, 0.05) is 0 Å². The predicted molar refractivity (Wildman–Crippen MR) is 143 cm³/mol. The van der Waals surface area contributed by atoms with E-state index < -0.39 is 23.7 Å². The van der Waals surface area contributed by atoms with Crippen LogP contribution in [0.2, 0.25) is 19.6 Å². The van der Waals surface area contributed by atoms with Gasteiger partial charge < -0.3 is 4.18 Å². The Morgan fingerprint density at radius 2 is 1.17 bits per heavy atom. The van der Waals surface area contributed by atoms with Gasteiger partial charge in [-0.2, -0.15) is 21.6 Å². The Bertz CT molecular complexity index is 1380. The molecule has 0 radical (unpaired) electrons. The number of aryl methyl sites for hydroxylation is 2. The van der Waals surface area contributed by atoms with Crippen molar-refractivity contribution >= 4 is 23.4 Å². The van der Waals surface area contributed by atoms with E-state index in [0.29, 0.717) is 5.19 Å². The van der Waals surface area contributed by atoms with Crippen LogP contribution in [-0.2, 0) is 23.0 Å². The molecule has 36 heavy (non-hydrogen) atoms. The molecule has 0 heterocycles. The SMILES string of the molecule is CCCCCCc1cc2c(cc1CCCCCC)=c1cc([Si](C)(C)C)c(OS(=O)(=O)C(F)(F)F)cc1=2. The summed E-state index contributed by atoms with van der Waals surface area (Å²) in [6, 6.07) is 7.82. The fraction of sp³-hybridized carbons (Fsp3) is 0.571. The molecular formula is C28H39F3O3SSi. The van der Waals surface area contributed by atoms with Gasteiger partial charge in [-0.25, -0.2) is 0 Å².